The van der Waals surface area contributed by atoms with Gasteiger partial charge in [0.05, 0.1) is 16.7 Å². The Kier molecular flexibility index (Phi) is 5.95. The first-order valence-electron chi connectivity index (χ1n) is 15.3. The van der Waals surface area contributed by atoms with Gasteiger partial charge in [-0.3, -0.25) is 0 Å². The van der Waals surface area contributed by atoms with Crippen LogP contribution in [0.3, 0.4) is 0 Å². The van der Waals surface area contributed by atoms with Crippen molar-refractivity contribution < 1.29 is 0 Å². The Morgan fingerprint density at radius 1 is 0.477 bits per heavy atom. The topological polar surface area (TPSA) is 4.93 Å². The van der Waals surface area contributed by atoms with E-state index in [0.717, 1.165) is 6.42 Å². The van der Waals surface area contributed by atoms with Crippen molar-refractivity contribution in [2.45, 2.75) is 11.7 Å². The summed E-state index contributed by atoms with van der Waals surface area (Å²) in [5, 5.41) is 8.11. The SMILES string of the molecule is C1=C(c2cccc(-c3c4ccccc4c(-n4c5ccccc5c5ccccc54)c4ccccc34)c2)SC(c2ccccc2)C1. The fourth-order valence-corrected chi connectivity index (χ4v) is 8.42. The molecule has 1 nitrogen and oxygen atoms in total. The molecule has 8 aromatic rings. The smallest absolute Gasteiger partial charge is 0.0619 e. The van der Waals surface area contributed by atoms with Crippen molar-refractivity contribution in [3.05, 3.63) is 169 Å². The Bertz CT molecular complexity index is 2290. The van der Waals surface area contributed by atoms with Gasteiger partial charge in [0.2, 0.25) is 0 Å². The lowest BCUT2D eigenvalue weighted by atomic mass is 9.89. The molecule has 0 N–H and O–H groups in total. The van der Waals surface area contributed by atoms with Crippen LogP contribution in [-0.2, 0) is 0 Å². The van der Waals surface area contributed by atoms with E-state index in [0.29, 0.717) is 5.25 Å². The van der Waals surface area contributed by atoms with Crippen LogP contribution in [0.25, 0.3) is 65.1 Å². The number of allylic oxidation sites excluding steroid dienone is 1. The summed E-state index contributed by atoms with van der Waals surface area (Å²) in [6.07, 6.45) is 3.48. The second kappa shape index (κ2) is 10.3. The van der Waals surface area contributed by atoms with Crippen LogP contribution in [0, 0.1) is 0 Å². The number of thioether (sulfide) groups is 1. The van der Waals surface area contributed by atoms with Gasteiger partial charge < -0.3 is 4.57 Å². The number of benzene rings is 7. The highest BCUT2D eigenvalue weighted by Gasteiger charge is 2.23. The first kappa shape index (κ1) is 25.4. The van der Waals surface area contributed by atoms with Crippen molar-refractivity contribution in [3.8, 4) is 16.8 Å². The molecule has 0 spiro atoms. The number of fused-ring (bicyclic) bond motifs is 5. The van der Waals surface area contributed by atoms with E-state index in [-0.39, 0.29) is 0 Å². The molecule has 1 atom stereocenters. The van der Waals surface area contributed by atoms with Gasteiger partial charge in [-0.2, -0.15) is 0 Å². The minimum absolute atomic E-state index is 0.474. The summed E-state index contributed by atoms with van der Waals surface area (Å²) in [4.78, 5) is 1.37. The maximum Gasteiger partial charge on any atom is 0.0619 e. The average molecular weight is 580 g/mol. The Hall–Kier alpha value is -5.05. The molecule has 44 heavy (non-hydrogen) atoms. The standard InChI is InChI=1S/C42H29NS/c1-2-13-28(14-3-1)39-25-26-40(44-39)29-15-12-16-30(27-29)41-33-19-4-6-21-35(33)42(36-22-7-5-20-34(36)41)43-37-23-10-8-17-31(37)32-18-9-11-24-38(32)43/h1-24,26-27,39H,25H2. The zero-order valence-electron chi connectivity index (χ0n) is 24.2. The summed E-state index contributed by atoms with van der Waals surface area (Å²) >= 11 is 1.99. The molecule has 0 bridgehead atoms. The van der Waals surface area contributed by atoms with Crippen LogP contribution in [0.15, 0.2) is 158 Å². The molecule has 1 aliphatic heterocycles. The fourth-order valence-electron chi connectivity index (χ4n) is 7.17. The van der Waals surface area contributed by atoms with Gasteiger partial charge >= 0.3 is 0 Å². The van der Waals surface area contributed by atoms with Crippen LogP contribution in [0.4, 0.5) is 0 Å². The molecule has 0 saturated carbocycles. The normalized spacial score (nSPS) is 15.0. The quantitative estimate of drug-likeness (QED) is 0.188. The van der Waals surface area contributed by atoms with Crippen LogP contribution in [0.2, 0.25) is 0 Å². The predicted octanol–water partition coefficient (Wildman–Crippen LogP) is 12.0. The van der Waals surface area contributed by atoms with Crippen molar-refractivity contribution in [3.63, 3.8) is 0 Å². The minimum atomic E-state index is 0.474. The molecular weight excluding hydrogens is 551 g/mol. The van der Waals surface area contributed by atoms with Crippen molar-refractivity contribution >= 4 is 60.0 Å². The van der Waals surface area contributed by atoms with E-state index < -0.39 is 0 Å². The zero-order valence-corrected chi connectivity index (χ0v) is 25.0. The number of aromatic nitrogens is 1. The summed E-state index contributed by atoms with van der Waals surface area (Å²) in [6, 6.07) is 55.6. The Morgan fingerprint density at radius 3 is 1.64 bits per heavy atom. The Labute approximate surface area is 261 Å². The van der Waals surface area contributed by atoms with E-state index in [9.17, 15) is 0 Å². The van der Waals surface area contributed by atoms with Crippen LogP contribution in [0.1, 0.15) is 22.8 Å². The maximum absolute atomic E-state index is 2.49. The summed E-state index contributed by atoms with van der Waals surface area (Å²) in [6.45, 7) is 0. The zero-order chi connectivity index (χ0) is 29.0. The number of nitrogens with zero attached hydrogens (tertiary/aromatic N) is 1. The van der Waals surface area contributed by atoms with Gasteiger partial charge in [0.25, 0.3) is 0 Å². The van der Waals surface area contributed by atoms with Gasteiger partial charge in [0, 0.05) is 31.7 Å². The molecule has 2 heteroatoms. The number of hydrogen-bond acceptors (Lipinski definition) is 1. The third-order valence-corrected chi connectivity index (χ3v) is 10.5. The van der Waals surface area contributed by atoms with Gasteiger partial charge in [0.1, 0.15) is 0 Å². The van der Waals surface area contributed by atoms with Gasteiger partial charge in [0.15, 0.2) is 0 Å². The molecule has 1 unspecified atom stereocenters. The van der Waals surface area contributed by atoms with Crippen LogP contribution < -0.4 is 0 Å². The second-order valence-corrected chi connectivity index (χ2v) is 12.8. The van der Waals surface area contributed by atoms with Crippen LogP contribution in [0.5, 0.6) is 0 Å². The van der Waals surface area contributed by atoms with Gasteiger partial charge in [-0.15, -0.1) is 11.8 Å². The third kappa shape index (κ3) is 3.95. The predicted molar refractivity (Wildman–Crippen MR) is 191 cm³/mol. The number of hydrogen-bond donors (Lipinski definition) is 0. The van der Waals surface area contributed by atoms with Gasteiger partial charge in [-0.25, -0.2) is 0 Å². The summed E-state index contributed by atoms with van der Waals surface area (Å²) in [5.41, 5.74) is 8.96. The molecule has 1 aliphatic rings. The molecule has 0 fully saturated rings. The molecule has 1 aromatic heterocycles. The van der Waals surface area contributed by atoms with Crippen molar-refractivity contribution in [1.82, 2.24) is 4.57 Å². The second-order valence-electron chi connectivity index (χ2n) is 11.6. The van der Waals surface area contributed by atoms with Crippen molar-refractivity contribution in [2.75, 3.05) is 0 Å². The lowest BCUT2D eigenvalue weighted by Gasteiger charge is -2.20. The fraction of sp³-hybridized carbons (Fsp3) is 0.0476. The molecular formula is C42H29NS. The lowest BCUT2D eigenvalue weighted by Crippen LogP contribution is -1.99. The first-order valence-corrected chi connectivity index (χ1v) is 16.2. The Morgan fingerprint density at radius 2 is 1.00 bits per heavy atom. The van der Waals surface area contributed by atoms with Gasteiger partial charge in [-0.1, -0.05) is 140 Å². The molecule has 0 saturated heterocycles. The minimum Gasteiger partial charge on any atom is -0.308 e. The van der Waals surface area contributed by atoms with Gasteiger partial charge in [-0.05, 0) is 57.6 Å². The van der Waals surface area contributed by atoms with E-state index >= 15 is 0 Å². The van der Waals surface area contributed by atoms with E-state index in [1.54, 1.807) is 0 Å². The molecule has 7 aromatic carbocycles. The highest BCUT2D eigenvalue weighted by atomic mass is 32.2. The summed E-state index contributed by atoms with van der Waals surface area (Å²) in [5.74, 6) is 0. The summed E-state index contributed by atoms with van der Waals surface area (Å²) < 4.78 is 2.49. The van der Waals surface area contributed by atoms with E-state index in [2.05, 4.69) is 162 Å². The maximum atomic E-state index is 2.49. The highest BCUT2D eigenvalue weighted by Crippen LogP contribution is 2.49. The molecule has 0 amide bonds. The Balaban J connectivity index is 1.27. The van der Waals surface area contributed by atoms with E-state index in [1.165, 1.54) is 76.2 Å². The molecule has 2 heterocycles. The number of rotatable bonds is 4. The average Bonchev–Trinajstić information content (AvgIpc) is 3.72. The molecule has 0 aliphatic carbocycles. The lowest BCUT2D eigenvalue weighted by molar-refractivity contribution is 0.991. The largest absolute Gasteiger partial charge is 0.308 e. The monoisotopic (exact) mass is 579 g/mol. The highest BCUT2D eigenvalue weighted by molar-refractivity contribution is 8.08. The number of para-hydroxylation sites is 2. The molecule has 208 valence electrons. The van der Waals surface area contributed by atoms with Crippen molar-refractivity contribution in [1.29, 1.82) is 0 Å². The van der Waals surface area contributed by atoms with E-state index in [1.807, 2.05) is 11.8 Å². The third-order valence-electron chi connectivity index (χ3n) is 9.10. The van der Waals surface area contributed by atoms with E-state index in [4.69, 9.17) is 0 Å². The van der Waals surface area contributed by atoms with Crippen LogP contribution >= 0.6 is 11.8 Å². The summed E-state index contributed by atoms with van der Waals surface area (Å²) in [7, 11) is 0. The molecule has 9 rings (SSSR count). The first-order chi connectivity index (χ1) is 21.8. The van der Waals surface area contributed by atoms with Crippen molar-refractivity contribution in [2.24, 2.45) is 0 Å². The van der Waals surface area contributed by atoms with Crippen LogP contribution in [-0.4, -0.2) is 4.57 Å². The molecule has 0 radical (unpaired) electrons.